The SMILES string of the molecule is Cc1nn(Cc2cccc(C(F)(F)F)c2)c(C)c1NC(=O)C(C)n1nc(C(F)(F)F)cc1C1CC1. The number of aryl methyl sites for hydroxylation is 1. The summed E-state index contributed by atoms with van der Waals surface area (Å²) in [5.74, 6) is -0.638. The fourth-order valence-electron chi connectivity index (χ4n) is 3.93. The summed E-state index contributed by atoms with van der Waals surface area (Å²) < 4.78 is 81.3. The molecule has 3 aromatic rings. The van der Waals surface area contributed by atoms with Gasteiger partial charge in [-0.15, -0.1) is 0 Å². The average molecular weight is 499 g/mol. The van der Waals surface area contributed by atoms with Gasteiger partial charge < -0.3 is 5.32 Å². The Labute approximate surface area is 196 Å². The van der Waals surface area contributed by atoms with Crippen LogP contribution in [0.1, 0.15) is 65.6 Å². The van der Waals surface area contributed by atoms with Gasteiger partial charge >= 0.3 is 12.4 Å². The van der Waals surface area contributed by atoms with E-state index >= 15 is 0 Å². The summed E-state index contributed by atoms with van der Waals surface area (Å²) in [6, 6.07) is 4.84. The third-order valence-electron chi connectivity index (χ3n) is 6.01. The minimum absolute atomic E-state index is 0.0436. The molecule has 0 bridgehead atoms. The molecule has 0 radical (unpaired) electrons. The van der Waals surface area contributed by atoms with Gasteiger partial charge in [0.25, 0.3) is 0 Å². The molecule has 1 aliphatic carbocycles. The number of aromatic nitrogens is 4. The van der Waals surface area contributed by atoms with E-state index in [4.69, 9.17) is 0 Å². The van der Waals surface area contributed by atoms with Crippen LogP contribution in [-0.4, -0.2) is 25.5 Å². The Morgan fingerprint density at radius 1 is 1.09 bits per heavy atom. The van der Waals surface area contributed by atoms with Crippen LogP contribution in [0.5, 0.6) is 0 Å². The van der Waals surface area contributed by atoms with Gasteiger partial charge in [-0.3, -0.25) is 14.2 Å². The third kappa shape index (κ3) is 5.20. The first-order chi connectivity index (χ1) is 16.3. The second-order valence-corrected chi connectivity index (χ2v) is 8.74. The number of amides is 1. The van der Waals surface area contributed by atoms with Crippen LogP contribution in [0.2, 0.25) is 0 Å². The zero-order chi connectivity index (χ0) is 25.7. The highest BCUT2D eigenvalue weighted by molar-refractivity contribution is 5.94. The first kappa shape index (κ1) is 24.8. The van der Waals surface area contributed by atoms with E-state index in [-0.39, 0.29) is 12.5 Å². The van der Waals surface area contributed by atoms with Crippen LogP contribution >= 0.6 is 0 Å². The summed E-state index contributed by atoms with van der Waals surface area (Å²) >= 11 is 0. The van der Waals surface area contributed by atoms with Gasteiger partial charge in [0.05, 0.1) is 29.2 Å². The molecule has 35 heavy (non-hydrogen) atoms. The number of hydrogen-bond donors (Lipinski definition) is 1. The molecule has 2 aromatic heterocycles. The van der Waals surface area contributed by atoms with Gasteiger partial charge in [-0.2, -0.15) is 36.5 Å². The number of benzene rings is 1. The molecule has 1 unspecified atom stereocenters. The van der Waals surface area contributed by atoms with Crippen molar-refractivity contribution in [2.45, 2.75) is 64.5 Å². The number of carbonyl (C=O) groups excluding carboxylic acids is 1. The van der Waals surface area contributed by atoms with E-state index in [2.05, 4.69) is 15.5 Å². The number of hydrogen-bond acceptors (Lipinski definition) is 3. The van der Waals surface area contributed by atoms with Crippen LogP contribution < -0.4 is 5.32 Å². The molecule has 0 aliphatic heterocycles. The Morgan fingerprint density at radius 2 is 1.77 bits per heavy atom. The normalized spacial score (nSPS) is 15.3. The molecule has 12 heteroatoms. The molecule has 0 saturated heterocycles. The van der Waals surface area contributed by atoms with Crippen molar-refractivity contribution >= 4 is 11.6 Å². The third-order valence-corrected chi connectivity index (χ3v) is 6.01. The molecular weight excluding hydrogens is 476 g/mol. The molecule has 1 amide bonds. The van der Waals surface area contributed by atoms with Crippen LogP contribution in [0.4, 0.5) is 32.0 Å². The van der Waals surface area contributed by atoms with E-state index in [1.165, 1.54) is 17.7 Å². The Morgan fingerprint density at radius 3 is 2.37 bits per heavy atom. The van der Waals surface area contributed by atoms with E-state index in [0.29, 0.717) is 28.3 Å². The fraction of sp³-hybridized carbons (Fsp3) is 0.435. The van der Waals surface area contributed by atoms with Gasteiger partial charge in [0.15, 0.2) is 5.69 Å². The Bertz CT molecular complexity index is 1250. The fourth-order valence-corrected chi connectivity index (χ4v) is 3.93. The van der Waals surface area contributed by atoms with E-state index in [1.54, 1.807) is 19.9 Å². The van der Waals surface area contributed by atoms with Gasteiger partial charge in [-0.25, -0.2) is 0 Å². The predicted molar refractivity (Wildman–Crippen MR) is 115 cm³/mol. The lowest BCUT2D eigenvalue weighted by atomic mass is 10.1. The zero-order valence-electron chi connectivity index (χ0n) is 19.1. The first-order valence-corrected chi connectivity index (χ1v) is 10.9. The number of nitrogens with one attached hydrogen (secondary N) is 1. The van der Waals surface area contributed by atoms with Gasteiger partial charge in [0, 0.05) is 11.6 Å². The highest BCUT2D eigenvalue weighted by Crippen LogP contribution is 2.43. The largest absolute Gasteiger partial charge is 0.435 e. The van der Waals surface area contributed by atoms with Crippen molar-refractivity contribution in [2.75, 3.05) is 5.32 Å². The van der Waals surface area contributed by atoms with Gasteiger partial charge in [-0.1, -0.05) is 12.1 Å². The Hall–Kier alpha value is -3.31. The molecule has 1 N–H and O–H groups in total. The number of nitrogens with zero attached hydrogens (tertiary/aromatic N) is 4. The van der Waals surface area contributed by atoms with E-state index in [9.17, 15) is 31.1 Å². The maximum atomic E-state index is 13.2. The van der Waals surface area contributed by atoms with Crippen LogP contribution in [0.25, 0.3) is 0 Å². The molecule has 6 nitrogen and oxygen atoms in total. The minimum Gasteiger partial charge on any atom is -0.321 e. The molecular formula is C23H23F6N5O. The molecule has 1 fully saturated rings. The maximum absolute atomic E-state index is 13.2. The summed E-state index contributed by atoms with van der Waals surface area (Å²) in [5, 5.41) is 10.7. The summed E-state index contributed by atoms with van der Waals surface area (Å²) in [6.45, 7) is 4.79. The quantitative estimate of drug-likeness (QED) is 0.432. The number of anilines is 1. The zero-order valence-corrected chi connectivity index (χ0v) is 19.1. The minimum atomic E-state index is -4.62. The van der Waals surface area contributed by atoms with Crippen molar-refractivity contribution in [3.05, 3.63) is 64.2 Å². The lowest BCUT2D eigenvalue weighted by Crippen LogP contribution is -2.26. The topological polar surface area (TPSA) is 64.7 Å². The summed E-state index contributed by atoms with van der Waals surface area (Å²) in [6.07, 6.45) is -7.63. The standard InChI is InChI=1S/C23H23F6N5O/c1-12-20(13(2)33(31-12)11-15-5-4-6-17(9-15)22(24,25)26)30-21(35)14(3)34-18(16-7-8-16)10-19(32-34)23(27,28)29/h4-6,9-10,14,16H,7-8,11H2,1-3H3,(H,30,35). The highest BCUT2D eigenvalue weighted by atomic mass is 19.4. The molecule has 1 aliphatic rings. The van der Waals surface area contributed by atoms with Gasteiger partial charge in [0.2, 0.25) is 5.91 Å². The molecule has 2 heterocycles. The lowest BCUT2D eigenvalue weighted by molar-refractivity contribution is -0.142. The molecule has 1 aromatic carbocycles. The molecule has 4 rings (SSSR count). The van der Waals surface area contributed by atoms with Crippen LogP contribution in [0, 0.1) is 13.8 Å². The van der Waals surface area contributed by atoms with Crippen molar-refractivity contribution < 1.29 is 31.1 Å². The number of halogens is 6. The van der Waals surface area contributed by atoms with Gasteiger partial charge in [-0.05, 0) is 57.4 Å². The predicted octanol–water partition coefficient (Wildman–Crippen LogP) is 5.86. The van der Waals surface area contributed by atoms with Crippen molar-refractivity contribution in [1.82, 2.24) is 19.6 Å². The maximum Gasteiger partial charge on any atom is 0.435 e. The number of carbonyl (C=O) groups is 1. The first-order valence-electron chi connectivity index (χ1n) is 10.9. The lowest BCUT2D eigenvalue weighted by Gasteiger charge is -2.16. The Kier molecular flexibility index (Phi) is 6.18. The Balaban J connectivity index is 1.55. The second kappa shape index (κ2) is 8.72. The van der Waals surface area contributed by atoms with E-state index < -0.39 is 35.6 Å². The van der Waals surface area contributed by atoms with Crippen LogP contribution in [0.15, 0.2) is 30.3 Å². The van der Waals surface area contributed by atoms with E-state index in [1.807, 2.05) is 0 Å². The number of alkyl halides is 6. The van der Waals surface area contributed by atoms with Crippen molar-refractivity contribution in [1.29, 1.82) is 0 Å². The van der Waals surface area contributed by atoms with Crippen LogP contribution in [-0.2, 0) is 23.7 Å². The molecule has 188 valence electrons. The second-order valence-electron chi connectivity index (χ2n) is 8.74. The van der Waals surface area contributed by atoms with E-state index in [0.717, 1.165) is 35.7 Å². The monoisotopic (exact) mass is 499 g/mol. The molecule has 0 spiro atoms. The molecule has 1 atom stereocenters. The summed E-state index contributed by atoms with van der Waals surface area (Å²) in [4.78, 5) is 13.0. The highest BCUT2D eigenvalue weighted by Gasteiger charge is 2.39. The average Bonchev–Trinajstić information content (AvgIpc) is 3.45. The van der Waals surface area contributed by atoms with Crippen molar-refractivity contribution in [3.8, 4) is 0 Å². The number of rotatable bonds is 6. The van der Waals surface area contributed by atoms with Crippen molar-refractivity contribution in [2.24, 2.45) is 0 Å². The summed E-state index contributed by atoms with van der Waals surface area (Å²) in [5.41, 5.74) is 0.206. The summed E-state index contributed by atoms with van der Waals surface area (Å²) in [7, 11) is 0. The van der Waals surface area contributed by atoms with Crippen LogP contribution in [0.3, 0.4) is 0 Å². The van der Waals surface area contributed by atoms with Crippen molar-refractivity contribution in [3.63, 3.8) is 0 Å². The smallest absolute Gasteiger partial charge is 0.321 e. The molecule has 1 saturated carbocycles. The van der Waals surface area contributed by atoms with Gasteiger partial charge in [0.1, 0.15) is 6.04 Å².